The molecule has 0 bridgehead atoms. The summed E-state index contributed by atoms with van der Waals surface area (Å²) >= 11 is 0. The van der Waals surface area contributed by atoms with E-state index in [0.29, 0.717) is 12.5 Å². The molecule has 3 aromatic rings. The Morgan fingerprint density at radius 1 is 1.21 bits per heavy atom. The molecule has 6 heteroatoms. The first-order valence-corrected chi connectivity index (χ1v) is 10.3. The fourth-order valence-corrected chi connectivity index (χ4v) is 4.01. The molecule has 6 nitrogen and oxygen atoms in total. The third-order valence-electron chi connectivity index (χ3n) is 5.47. The van der Waals surface area contributed by atoms with Gasteiger partial charge in [0.15, 0.2) is 5.96 Å². The van der Waals surface area contributed by atoms with Crippen LogP contribution in [0.4, 0.5) is 0 Å². The number of nitrogens with zero attached hydrogens (tertiary/aromatic N) is 5. The molecule has 29 heavy (non-hydrogen) atoms. The zero-order valence-corrected chi connectivity index (χ0v) is 17.1. The highest BCUT2D eigenvalue weighted by molar-refractivity contribution is 5.80. The van der Waals surface area contributed by atoms with Gasteiger partial charge in [-0.05, 0) is 37.5 Å². The van der Waals surface area contributed by atoms with Crippen molar-refractivity contribution in [3.05, 3.63) is 78.0 Å². The first-order chi connectivity index (χ1) is 14.3. The summed E-state index contributed by atoms with van der Waals surface area (Å²) in [5, 5.41) is 3.47. The third kappa shape index (κ3) is 4.31. The molecule has 1 aliphatic heterocycles. The lowest BCUT2D eigenvalue weighted by atomic mass is 9.94. The van der Waals surface area contributed by atoms with Crippen molar-refractivity contribution in [3.8, 4) is 5.82 Å². The van der Waals surface area contributed by atoms with E-state index in [9.17, 15) is 0 Å². The van der Waals surface area contributed by atoms with Crippen molar-refractivity contribution in [2.75, 3.05) is 19.6 Å². The Hall–Kier alpha value is -3.15. The second-order valence-corrected chi connectivity index (χ2v) is 7.41. The maximum atomic E-state index is 4.94. The van der Waals surface area contributed by atoms with E-state index >= 15 is 0 Å². The summed E-state index contributed by atoms with van der Waals surface area (Å²) in [7, 11) is 0. The minimum atomic E-state index is 0.556. The second-order valence-electron chi connectivity index (χ2n) is 7.41. The number of nitrogens with one attached hydrogen (secondary N) is 1. The van der Waals surface area contributed by atoms with Crippen LogP contribution >= 0.6 is 0 Å². The molecule has 0 radical (unpaired) electrons. The number of aromatic nitrogens is 3. The molecule has 0 amide bonds. The Morgan fingerprint density at radius 3 is 2.90 bits per heavy atom. The minimum absolute atomic E-state index is 0.556. The van der Waals surface area contributed by atoms with E-state index in [4.69, 9.17) is 4.99 Å². The zero-order chi connectivity index (χ0) is 20.1. The van der Waals surface area contributed by atoms with Crippen LogP contribution in [0.25, 0.3) is 5.82 Å². The monoisotopic (exact) mass is 388 g/mol. The third-order valence-corrected chi connectivity index (χ3v) is 5.47. The minimum Gasteiger partial charge on any atom is -0.357 e. The van der Waals surface area contributed by atoms with E-state index in [-0.39, 0.29) is 0 Å². The predicted molar refractivity (Wildman–Crippen MR) is 116 cm³/mol. The summed E-state index contributed by atoms with van der Waals surface area (Å²) in [5.41, 5.74) is 3.91. The van der Waals surface area contributed by atoms with E-state index in [0.717, 1.165) is 43.4 Å². The van der Waals surface area contributed by atoms with E-state index in [1.807, 2.05) is 16.8 Å². The number of pyridine rings is 1. The highest BCUT2D eigenvalue weighted by atomic mass is 15.3. The SMILES string of the molecule is CCNC(=NCc1cccnc1-n1ccnc1)N1CCC(c2ccccc2C)C1. The summed E-state index contributed by atoms with van der Waals surface area (Å²) in [4.78, 5) is 16.0. The van der Waals surface area contributed by atoms with Crippen molar-refractivity contribution >= 4 is 5.96 Å². The number of benzene rings is 1. The molecule has 1 atom stereocenters. The number of likely N-dealkylation sites (tertiary alicyclic amines) is 1. The van der Waals surface area contributed by atoms with Gasteiger partial charge in [0.05, 0.1) is 6.54 Å². The van der Waals surface area contributed by atoms with Gasteiger partial charge in [0, 0.05) is 49.7 Å². The zero-order valence-electron chi connectivity index (χ0n) is 17.1. The van der Waals surface area contributed by atoms with Crippen molar-refractivity contribution in [2.24, 2.45) is 4.99 Å². The summed E-state index contributed by atoms with van der Waals surface area (Å²) in [5.74, 6) is 2.41. The molecule has 1 fully saturated rings. The molecule has 1 saturated heterocycles. The highest BCUT2D eigenvalue weighted by Gasteiger charge is 2.26. The standard InChI is InChI=1S/C23H28N6/c1-3-25-23(28-13-10-20(16-28)21-9-5-4-7-18(21)2)27-15-19-8-6-11-26-22(19)29-14-12-24-17-29/h4-9,11-12,14,17,20H,3,10,13,15-16H2,1-2H3,(H,25,27). The van der Waals surface area contributed by atoms with Gasteiger partial charge in [-0.25, -0.2) is 15.0 Å². The summed E-state index contributed by atoms with van der Waals surface area (Å²) in [6, 6.07) is 12.8. The predicted octanol–water partition coefficient (Wildman–Crippen LogP) is 3.53. The maximum absolute atomic E-state index is 4.94. The molecule has 2 aromatic heterocycles. The highest BCUT2D eigenvalue weighted by Crippen LogP contribution is 2.29. The molecule has 1 N–H and O–H groups in total. The van der Waals surface area contributed by atoms with Crippen LogP contribution in [0, 0.1) is 6.92 Å². The van der Waals surface area contributed by atoms with Crippen LogP contribution < -0.4 is 5.32 Å². The van der Waals surface area contributed by atoms with Crippen molar-refractivity contribution in [1.29, 1.82) is 0 Å². The Bertz CT molecular complexity index is 963. The van der Waals surface area contributed by atoms with Crippen molar-refractivity contribution in [3.63, 3.8) is 0 Å². The summed E-state index contributed by atoms with van der Waals surface area (Å²) in [6.45, 7) is 7.77. The van der Waals surface area contributed by atoms with Crippen LogP contribution in [0.3, 0.4) is 0 Å². The Kier molecular flexibility index (Phi) is 5.89. The fourth-order valence-electron chi connectivity index (χ4n) is 4.01. The number of aryl methyl sites for hydroxylation is 1. The van der Waals surface area contributed by atoms with Gasteiger partial charge in [-0.2, -0.15) is 0 Å². The average Bonchev–Trinajstić information content (AvgIpc) is 3.44. The quantitative estimate of drug-likeness (QED) is 0.537. The normalized spacial score (nSPS) is 17.0. The maximum Gasteiger partial charge on any atom is 0.194 e. The lowest BCUT2D eigenvalue weighted by molar-refractivity contribution is 0.485. The second kappa shape index (κ2) is 8.90. The lowest BCUT2D eigenvalue weighted by Gasteiger charge is -2.22. The van der Waals surface area contributed by atoms with Crippen LogP contribution in [-0.2, 0) is 6.54 Å². The van der Waals surface area contributed by atoms with Gasteiger partial charge >= 0.3 is 0 Å². The Morgan fingerprint density at radius 2 is 2.10 bits per heavy atom. The number of hydrogen-bond acceptors (Lipinski definition) is 3. The van der Waals surface area contributed by atoms with Gasteiger partial charge in [-0.3, -0.25) is 4.57 Å². The number of aliphatic imine (C=N–C) groups is 1. The van der Waals surface area contributed by atoms with Gasteiger partial charge in [-0.1, -0.05) is 30.3 Å². The van der Waals surface area contributed by atoms with E-state index in [1.165, 1.54) is 11.1 Å². The van der Waals surface area contributed by atoms with Crippen molar-refractivity contribution in [2.45, 2.75) is 32.7 Å². The molecule has 0 spiro atoms. The van der Waals surface area contributed by atoms with Gasteiger partial charge in [0.25, 0.3) is 0 Å². The molecule has 150 valence electrons. The number of guanidine groups is 1. The van der Waals surface area contributed by atoms with E-state index < -0.39 is 0 Å². The summed E-state index contributed by atoms with van der Waals surface area (Å²) in [6.07, 6.45) is 8.41. The van der Waals surface area contributed by atoms with Gasteiger partial charge in [0.1, 0.15) is 12.1 Å². The van der Waals surface area contributed by atoms with Gasteiger partial charge in [-0.15, -0.1) is 0 Å². The number of hydrogen-bond donors (Lipinski definition) is 1. The van der Waals surface area contributed by atoms with E-state index in [2.05, 4.69) is 64.4 Å². The number of imidazole rings is 1. The molecule has 4 rings (SSSR count). The molecule has 1 unspecified atom stereocenters. The molecular weight excluding hydrogens is 360 g/mol. The van der Waals surface area contributed by atoms with Crippen LogP contribution in [0.15, 0.2) is 66.3 Å². The fraction of sp³-hybridized carbons (Fsp3) is 0.348. The van der Waals surface area contributed by atoms with Crippen molar-refractivity contribution in [1.82, 2.24) is 24.8 Å². The van der Waals surface area contributed by atoms with Crippen LogP contribution in [0.2, 0.25) is 0 Å². The lowest BCUT2D eigenvalue weighted by Crippen LogP contribution is -2.40. The van der Waals surface area contributed by atoms with Crippen LogP contribution in [0.1, 0.15) is 36.0 Å². The molecule has 1 aliphatic rings. The Balaban J connectivity index is 1.52. The smallest absolute Gasteiger partial charge is 0.194 e. The van der Waals surface area contributed by atoms with Crippen molar-refractivity contribution < 1.29 is 0 Å². The molecule has 0 aliphatic carbocycles. The first kappa shape index (κ1) is 19.2. The molecular formula is C23H28N6. The van der Waals surface area contributed by atoms with Crippen LogP contribution in [0.5, 0.6) is 0 Å². The van der Waals surface area contributed by atoms with Gasteiger partial charge < -0.3 is 10.2 Å². The van der Waals surface area contributed by atoms with Crippen LogP contribution in [-0.4, -0.2) is 45.0 Å². The molecule has 1 aromatic carbocycles. The Labute approximate surface area is 172 Å². The first-order valence-electron chi connectivity index (χ1n) is 10.3. The molecule has 3 heterocycles. The summed E-state index contributed by atoms with van der Waals surface area (Å²) < 4.78 is 1.93. The van der Waals surface area contributed by atoms with Gasteiger partial charge in [0.2, 0.25) is 0 Å². The number of rotatable bonds is 5. The molecule has 0 saturated carbocycles. The topological polar surface area (TPSA) is 58.3 Å². The van der Waals surface area contributed by atoms with E-state index in [1.54, 1.807) is 18.7 Å². The average molecular weight is 389 g/mol. The largest absolute Gasteiger partial charge is 0.357 e.